The first-order chi connectivity index (χ1) is 14.5. The number of halogens is 3. The van der Waals surface area contributed by atoms with Gasteiger partial charge in [-0.15, -0.1) is 0 Å². The first kappa shape index (κ1) is 22.6. The van der Waals surface area contributed by atoms with E-state index < -0.39 is 5.91 Å². The molecule has 0 unspecified atom stereocenters. The third-order valence-corrected chi connectivity index (χ3v) is 6.03. The summed E-state index contributed by atoms with van der Waals surface area (Å²) in [6.07, 6.45) is 1.57. The second-order valence-corrected chi connectivity index (χ2v) is 8.92. The van der Waals surface area contributed by atoms with Crippen LogP contribution in [0, 0.1) is 18.5 Å². The lowest BCUT2D eigenvalue weighted by Gasteiger charge is -2.12. The van der Waals surface area contributed by atoms with Gasteiger partial charge in [0.15, 0.2) is 0 Å². The zero-order valence-electron chi connectivity index (χ0n) is 15.5. The Bertz CT molecular complexity index is 1120. The van der Waals surface area contributed by atoms with Crippen LogP contribution < -0.4 is 10.1 Å². The second-order valence-electron chi connectivity index (χ2n) is 6.18. The fourth-order valence-corrected chi connectivity index (χ4v) is 4.92. The van der Waals surface area contributed by atoms with E-state index in [1.807, 2.05) is 60.7 Å². The van der Waals surface area contributed by atoms with Crippen LogP contribution in [-0.2, 0) is 11.4 Å². The van der Waals surface area contributed by atoms with Gasteiger partial charge in [-0.05, 0) is 87.2 Å². The summed E-state index contributed by atoms with van der Waals surface area (Å²) >= 11 is 10.6. The molecule has 0 spiro atoms. The third kappa shape index (κ3) is 5.97. The maximum absolute atomic E-state index is 12.4. The van der Waals surface area contributed by atoms with Crippen LogP contribution in [0.15, 0.2) is 72.3 Å². The van der Waals surface area contributed by atoms with Crippen LogP contribution in [-0.4, -0.2) is 5.91 Å². The maximum Gasteiger partial charge on any atom is 0.266 e. The Kier molecular flexibility index (Phi) is 8.13. The summed E-state index contributed by atoms with van der Waals surface area (Å²) in [5, 5.41) is 12.8. The summed E-state index contributed by atoms with van der Waals surface area (Å²) in [7, 11) is 0. The molecule has 0 radical (unpaired) electrons. The monoisotopic (exact) mass is 640 g/mol. The third-order valence-electron chi connectivity index (χ3n) is 4.06. The Morgan fingerprint density at radius 3 is 2.33 bits per heavy atom. The summed E-state index contributed by atoms with van der Waals surface area (Å²) in [6.45, 7) is 0.351. The molecule has 7 heteroatoms. The van der Waals surface area contributed by atoms with Gasteiger partial charge in [0.2, 0.25) is 0 Å². The summed E-state index contributed by atoms with van der Waals surface area (Å²) in [4.78, 5) is 12.4. The van der Waals surface area contributed by atoms with Crippen molar-refractivity contribution in [2.45, 2.75) is 6.61 Å². The van der Waals surface area contributed by atoms with Gasteiger partial charge in [0.05, 0.1) is 7.14 Å². The largest absolute Gasteiger partial charge is 0.487 e. The van der Waals surface area contributed by atoms with E-state index in [1.165, 1.54) is 0 Å². The average molecular weight is 641 g/mol. The second kappa shape index (κ2) is 10.8. The molecule has 0 aromatic heterocycles. The molecule has 0 saturated carbocycles. The minimum Gasteiger partial charge on any atom is -0.487 e. The van der Waals surface area contributed by atoms with Gasteiger partial charge in [0.1, 0.15) is 24.0 Å². The summed E-state index contributed by atoms with van der Waals surface area (Å²) in [5.41, 5.74) is 2.30. The van der Waals surface area contributed by atoms with Crippen molar-refractivity contribution < 1.29 is 9.53 Å². The molecular formula is C23H15ClI2N2O2. The summed E-state index contributed by atoms with van der Waals surface area (Å²) in [5.74, 6) is 0.285. The summed E-state index contributed by atoms with van der Waals surface area (Å²) < 4.78 is 7.73. The number of nitrogens with zero attached hydrogens (tertiary/aromatic N) is 1. The zero-order valence-corrected chi connectivity index (χ0v) is 20.6. The Morgan fingerprint density at radius 1 is 1.07 bits per heavy atom. The smallest absolute Gasteiger partial charge is 0.266 e. The predicted octanol–water partition coefficient (Wildman–Crippen LogP) is 6.67. The first-order valence-corrected chi connectivity index (χ1v) is 11.3. The van der Waals surface area contributed by atoms with Crippen molar-refractivity contribution >= 4 is 74.5 Å². The molecule has 0 aliphatic carbocycles. The maximum atomic E-state index is 12.4. The van der Waals surface area contributed by atoms with E-state index >= 15 is 0 Å². The van der Waals surface area contributed by atoms with Crippen LogP contribution in [0.5, 0.6) is 5.75 Å². The molecule has 0 bridgehead atoms. The van der Waals surface area contributed by atoms with Gasteiger partial charge < -0.3 is 10.1 Å². The number of hydrogen-bond donors (Lipinski definition) is 1. The van der Waals surface area contributed by atoms with Crippen LogP contribution in [0.25, 0.3) is 6.08 Å². The average Bonchev–Trinajstić information content (AvgIpc) is 2.73. The van der Waals surface area contributed by atoms with Crippen LogP contribution in [0.3, 0.4) is 0 Å². The molecule has 1 N–H and O–H groups in total. The first-order valence-electron chi connectivity index (χ1n) is 8.81. The zero-order chi connectivity index (χ0) is 21.5. The quantitative estimate of drug-likeness (QED) is 0.186. The Balaban J connectivity index is 1.78. The Morgan fingerprint density at radius 2 is 1.70 bits per heavy atom. The van der Waals surface area contributed by atoms with Crippen molar-refractivity contribution in [2.24, 2.45) is 0 Å². The van der Waals surface area contributed by atoms with Crippen molar-refractivity contribution in [1.82, 2.24) is 0 Å². The number of nitrogens with one attached hydrogen (secondary N) is 1. The highest BCUT2D eigenvalue weighted by atomic mass is 127. The van der Waals surface area contributed by atoms with Crippen molar-refractivity contribution in [2.75, 3.05) is 5.32 Å². The number of hydrogen-bond acceptors (Lipinski definition) is 3. The molecule has 3 rings (SSSR count). The van der Waals surface area contributed by atoms with Gasteiger partial charge in [-0.1, -0.05) is 48.0 Å². The number of benzene rings is 3. The van der Waals surface area contributed by atoms with Gasteiger partial charge in [-0.2, -0.15) is 5.26 Å². The number of rotatable bonds is 6. The van der Waals surface area contributed by atoms with E-state index in [2.05, 4.69) is 50.5 Å². The Labute approximate surface area is 207 Å². The number of carbonyl (C=O) groups excluding carboxylic acids is 1. The molecule has 150 valence electrons. The molecule has 0 fully saturated rings. The standard InChI is InChI=1S/C23H15ClI2N2O2/c24-19-9-5-4-6-16(19)14-30-22-20(25)11-15(12-21(22)26)10-17(13-27)23(29)28-18-7-2-1-3-8-18/h1-12H,14H2,(H,28,29)/b17-10+. The van der Waals surface area contributed by atoms with Gasteiger partial charge in [-0.3, -0.25) is 4.79 Å². The van der Waals surface area contributed by atoms with E-state index in [1.54, 1.807) is 18.2 Å². The predicted molar refractivity (Wildman–Crippen MR) is 136 cm³/mol. The number of nitriles is 1. The van der Waals surface area contributed by atoms with Crippen LogP contribution in [0.4, 0.5) is 5.69 Å². The molecule has 0 atom stereocenters. The lowest BCUT2D eigenvalue weighted by atomic mass is 10.1. The number of amides is 1. The fraction of sp³-hybridized carbons (Fsp3) is 0.0435. The van der Waals surface area contributed by atoms with E-state index in [4.69, 9.17) is 16.3 Å². The van der Waals surface area contributed by atoms with Crippen LogP contribution in [0.1, 0.15) is 11.1 Å². The van der Waals surface area contributed by atoms with E-state index in [0.717, 1.165) is 24.0 Å². The van der Waals surface area contributed by atoms with Crippen molar-refractivity contribution in [3.8, 4) is 11.8 Å². The molecule has 3 aromatic carbocycles. The molecule has 0 aliphatic rings. The van der Waals surface area contributed by atoms with Gasteiger partial charge in [0.25, 0.3) is 5.91 Å². The molecule has 0 aliphatic heterocycles. The van der Waals surface area contributed by atoms with Gasteiger partial charge in [0, 0.05) is 16.3 Å². The molecule has 4 nitrogen and oxygen atoms in total. The number of anilines is 1. The highest BCUT2D eigenvalue weighted by Gasteiger charge is 2.13. The SMILES string of the molecule is N#C/C(=C\c1cc(I)c(OCc2ccccc2Cl)c(I)c1)C(=O)Nc1ccccc1. The van der Waals surface area contributed by atoms with Gasteiger partial charge in [-0.25, -0.2) is 0 Å². The minimum atomic E-state index is -0.451. The molecule has 1 amide bonds. The van der Waals surface area contributed by atoms with Crippen molar-refractivity contribution in [3.05, 3.63) is 95.6 Å². The molecule has 0 saturated heterocycles. The lowest BCUT2D eigenvalue weighted by Crippen LogP contribution is -2.13. The lowest BCUT2D eigenvalue weighted by molar-refractivity contribution is -0.112. The summed E-state index contributed by atoms with van der Waals surface area (Å²) in [6, 6.07) is 22.3. The van der Waals surface area contributed by atoms with Crippen molar-refractivity contribution in [1.29, 1.82) is 5.26 Å². The number of para-hydroxylation sites is 1. The molecule has 30 heavy (non-hydrogen) atoms. The highest BCUT2D eigenvalue weighted by molar-refractivity contribution is 14.1. The number of carbonyl (C=O) groups is 1. The van der Waals surface area contributed by atoms with Crippen molar-refractivity contribution in [3.63, 3.8) is 0 Å². The molecular weight excluding hydrogens is 626 g/mol. The number of ether oxygens (including phenoxy) is 1. The fourth-order valence-electron chi connectivity index (χ4n) is 2.60. The highest BCUT2D eigenvalue weighted by Crippen LogP contribution is 2.31. The van der Waals surface area contributed by atoms with Crippen LogP contribution in [0.2, 0.25) is 5.02 Å². The normalized spacial score (nSPS) is 10.9. The van der Waals surface area contributed by atoms with E-state index in [9.17, 15) is 10.1 Å². The minimum absolute atomic E-state index is 0.0233. The van der Waals surface area contributed by atoms with E-state index in [0.29, 0.717) is 17.3 Å². The van der Waals surface area contributed by atoms with Gasteiger partial charge >= 0.3 is 0 Å². The van der Waals surface area contributed by atoms with E-state index in [-0.39, 0.29) is 5.57 Å². The topological polar surface area (TPSA) is 62.1 Å². The molecule has 3 aromatic rings. The molecule has 0 heterocycles. The Hall–Kier alpha value is -2.09. The van der Waals surface area contributed by atoms with Crippen LogP contribution >= 0.6 is 56.8 Å².